The van der Waals surface area contributed by atoms with E-state index in [-0.39, 0.29) is 11.6 Å². The number of non-ortho nitro benzene ring substituents is 1. The average Bonchev–Trinajstić information content (AvgIpc) is 3.28. The van der Waals surface area contributed by atoms with Crippen molar-refractivity contribution in [1.82, 2.24) is 0 Å². The Bertz CT molecular complexity index is 1260. The molecule has 0 saturated heterocycles. The maximum atomic E-state index is 12.9. The Morgan fingerprint density at radius 3 is 2.32 bits per heavy atom. The smallest absolute Gasteiger partial charge is 0.280 e. The Balaban J connectivity index is 1.65. The number of hydrogen-bond donors (Lipinski definition) is 0. The summed E-state index contributed by atoms with van der Waals surface area (Å²) in [4.78, 5) is 23.5. The zero-order valence-electron chi connectivity index (χ0n) is 15.8. The molecular formula is C21H12Br3N3O4. The summed E-state index contributed by atoms with van der Waals surface area (Å²) in [6.45, 7) is 1.76. The lowest BCUT2D eigenvalue weighted by atomic mass is 10.1. The number of rotatable bonds is 4. The van der Waals surface area contributed by atoms with Crippen LogP contribution in [-0.4, -0.2) is 16.5 Å². The van der Waals surface area contributed by atoms with Crippen molar-refractivity contribution in [3.8, 4) is 11.3 Å². The lowest BCUT2D eigenvalue weighted by Gasteiger charge is -2.11. The van der Waals surface area contributed by atoms with Gasteiger partial charge in [-0.3, -0.25) is 14.9 Å². The first kappa shape index (κ1) is 21.7. The Hall–Kier alpha value is -2.56. The van der Waals surface area contributed by atoms with E-state index in [1.807, 2.05) is 12.1 Å². The second kappa shape index (κ2) is 8.52. The summed E-state index contributed by atoms with van der Waals surface area (Å²) < 4.78 is 7.84. The van der Waals surface area contributed by atoms with Gasteiger partial charge in [0.15, 0.2) is 0 Å². The monoisotopic (exact) mass is 607 g/mol. The molecule has 0 radical (unpaired) electrons. The molecule has 1 aliphatic heterocycles. The van der Waals surface area contributed by atoms with E-state index in [4.69, 9.17) is 4.42 Å². The molecule has 2 aromatic carbocycles. The van der Waals surface area contributed by atoms with E-state index in [1.54, 1.807) is 37.3 Å². The molecule has 3 aromatic rings. The van der Waals surface area contributed by atoms with Crippen molar-refractivity contribution in [3.63, 3.8) is 0 Å². The molecule has 0 aliphatic carbocycles. The predicted octanol–water partition coefficient (Wildman–Crippen LogP) is 6.95. The van der Waals surface area contributed by atoms with Crippen molar-refractivity contribution in [2.45, 2.75) is 6.92 Å². The fourth-order valence-electron chi connectivity index (χ4n) is 3.05. The van der Waals surface area contributed by atoms with Gasteiger partial charge in [-0.25, -0.2) is 0 Å². The second-order valence-electron chi connectivity index (χ2n) is 6.58. The molecule has 31 heavy (non-hydrogen) atoms. The van der Waals surface area contributed by atoms with Crippen molar-refractivity contribution in [3.05, 3.63) is 83.4 Å². The van der Waals surface area contributed by atoms with E-state index >= 15 is 0 Å². The molecule has 0 spiro atoms. The topological polar surface area (TPSA) is 89.0 Å². The highest BCUT2D eigenvalue weighted by Gasteiger charge is 2.29. The Morgan fingerprint density at radius 1 is 1.06 bits per heavy atom. The number of nitro benzene ring substituents is 1. The average molecular weight is 610 g/mol. The first-order valence-corrected chi connectivity index (χ1v) is 11.2. The minimum atomic E-state index is -0.470. The number of carbonyl (C=O) groups is 1. The number of furan rings is 1. The quantitative estimate of drug-likeness (QED) is 0.182. The fourth-order valence-corrected chi connectivity index (χ4v) is 4.87. The Morgan fingerprint density at radius 2 is 1.71 bits per heavy atom. The molecule has 1 amide bonds. The molecule has 0 unspecified atom stereocenters. The summed E-state index contributed by atoms with van der Waals surface area (Å²) in [7, 11) is 0. The van der Waals surface area contributed by atoms with Crippen molar-refractivity contribution >= 4 is 76.9 Å². The third-order valence-electron chi connectivity index (χ3n) is 4.53. The van der Waals surface area contributed by atoms with Crippen molar-refractivity contribution in [2.75, 3.05) is 5.01 Å². The normalized spacial score (nSPS) is 15.0. The Labute approximate surface area is 202 Å². The van der Waals surface area contributed by atoms with Gasteiger partial charge >= 0.3 is 0 Å². The predicted molar refractivity (Wildman–Crippen MR) is 129 cm³/mol. The van der Waals surface area contributed by atoms with Crippen LogP contribution in [0.15, 0.2) is 77.0 Å². The molecule has 0 fully saturated rings. The van der Waals surface area contributed by atoms with Crippen molar-refractivity contribution in [1.29, 1.82) is 0 Å². The minimum Gasteiger partial charge on any atom is -0.457 e. The van der Waals surface area contributed by atoms with E-state index in [2.05, 4.69) is 52.9 Å². The number of benzene rings is 2. The number of anilines is 1. The number of hydrazone groups is 1. The largest absolute Gasteiger partial charge is 0.457 e. The van der Waals surface area contributed by atoms with Crippen LogP contribution in [0, 0.1) is 10.1 Å². The first-order chi connectivity index (χ1) is 14.7. The van der Waals surface area contributed by atoms with E-state index in [0.717, 1.165) is 4.47 Å². The molecule has 4 rings (SSSR count). The van der Waals surface area contributed by atoms with E-state index in [1.165, 1.54) is 17.1 Å². The Kier molecular flexibility index (Phi) is 5.96. The summed E-state index contributed by atoms with van der Waals surface area (Å²) in [6.07, 6.45) is 1.64. The van der Waals surface area contributed by atoms with Crippen LogP contribution in [0.5, 0.6) is 0 Å². The van der Waals surface area contributed by atoms with E-state index in [9.17, 15) is 14.9 Å². The lowest BCUT2D eigenvalue weighted by molar-refractivity contribution is -0.385. The number of hydrogen-bond acceptors (Lipinski definition) is 5. The molecule has 0 bridgehead atoms. The zero-order valence-corrected chi connectivity index (χ0v) is 20.6. The van der Waals surface area contributed by atoms with Gasteiger partial charge in [0.25, 0.3) is 11.6 Å². The lowest BCUT2D eigenvalue weighted by Crippen LogP contribution is -2.21. The van der Waals surface area contributed by atoms with Crippen LogP contribution in [-0.2, 0) is 4.79 Å². The van der Waals surface area contributed by atoms with Gasteiger partial charge in [-0.1, -0.05) is 15.9 Å². The summed E-state index contributed by atoms with van der Waals surface area (Å²) in [5.41, 5.74) is 2.24. The van der Waals surface area contributed by atoms with Crippen LogP contribution >= 0.6 is 47.8 Å². The van der Waals surface area contributed by atoms with Gasteiger partial charge < -0.3 is 4.42 Å². The van der Waals surface area contributed by atoms with Gasteiger partial charge in [-0.2, -0.15) is 10.1 Å². The van der Waals surface area contributed by atoms with Gasteiger partial charge in [0, 0.05) is 31.1 Å². The molecule has 0 N–H and O–H groups in total. The molecule has 0 saturated carbocycles. The standard InChI is InChI=1S/C21H12Br3N3O4/c1-11-16(21(28)26(25-11)13-4-2-12(22)3-5-13)10-15-6-7-19(31-15)20-17(23)8-14(27(29)30)9-18(20)24/h2-10H,1H3. The highest BCUT2D eigenvalue weighted by atomic mass is 79.9. The highest BCUT2D eigenvalue weighted by Crippen LogP contribution is 2.39. The number of halogens is 3. The van der Waals surface area contributed by atoms with Crippen LogP contribution in [0.2, 0.25) is 0 Å². The van der Waals surface area contributed by atoms with Crippen molar-refractivity contribution in [2.24, 2.45) is 5.10 Å². The number of nitrogens with zero attached hydrogens (tertiary/aromatic N) is 3. The highest BCUT2D eigenvalue weighted by molar-refractivity contribution is 9.11. The minimum absolute atomic E-state index is 0.0483. The first-order valence-electron chi connectivity index (χ1n) is 8.85. The molecule has 1 aliphatic rings. The third kappa shape index (κ3) is 4.28. The van der Waals surface area contributed by atoms with Gasteiger partial charge in [0.2, 0.25) is 0 Å². The van der Waals surface area contributed by atoms with Crippen LogP contribution in [0.3, 0.4) is 0 Å². The molecule has 1 aromatic heterocycles. The molecule has 2 heterocycles. The number of carbonyl (C=O) groups excluding carboxylic acids is 1. The van der Waals surface area contributed by atoms with E-state index in [0.29, 0.717) is 43.0 Å². The fraction of sp³-hybridized carbons (Fsp3) is 0.0476. The molecular weight excluding hydrogens is 598 g/mol. The van der Waals surface area contributed by atoms with Crippen LogP contribution < -0.4 is 5.01 Å². The number of amides is 1. The van der Waals surface area contributed by atoms with Crippen LogP contribution in [0.4, 0.5) is 11.4 Å². The summed E-state index contributed by atoms with van der Waals surface area (Å²) in [6, 6.07) is 13.6. The molecule has 156 valence electrons. The van der Waals surface area contributed by atoms with Gasteiger partial charge in [-0.15, -0.1) is 0 Å². The summed E-state index contributed by atoms with van der Waals surface area (Å²) >= 11 is 10.1. The second-order valence-corrected chi connectivity index (χ2v) is 9.20. The van der Waals surface area contributed by atoms with E-state index < -0.39 is 4.92 Å². The summed E-state index contributed by atoms with van der Waals surface area (Å²) in [5, 5.41) is 16.8. The third-order valence-corrected chi connectivity index (χ3v) is 6.31. The summed E-state index contributed by atoms with van der Waals surface area (Å²) in [5.74, 6) is 0.698. The van der Waals surface area contributed by atoms with Crippen LogP contribution in [0.1, 0.15) is 12.7 Å². The SMILES string of the molecule is CC1=NN(c2ccc(Br)cc2)C(=O)C1=Cc1ccc(-c2c(Br)cc([N+](=O)[O-])cc2Br)o1. The van der Waals surface area contributed by atoms with Crippen LogP contribution in [0.25, 0.3) is 17.4 Å². The number of nitro groups is 1. The molecule has 7 nitrogen and oxygen atoms in total. The maximum Gasteiger partial charge on any atom is 0.280 e. The van der Waals surface area contributed by atoms with Gasteiger partial charge in [0.05, 0.1) is 21.9 Å². The van der Waals surface area contributed by atoms with Crippen molar-refractivity contribution < 1.29 is 14.1 Å². The van der Waals surface area contributed by atoms with Gasteiger partial charge in [0.1, 0.15) is 11.5 Å². The molecule has 10 heteroatoms. The van der Waals surface area contributed by atoms with Gasteiger partial charge in [-0.05, 0) is 81.3 Å². The zero-order chi connectivity index (χ0) is 22.3. The maximum absolute atomic E-state index is 12.9. The molecule has 0 atom stereocenters.